The van der Waals surface area contributed by atoms with Gasteiger partial charge in [0.15, 0.2) is 11.5 Å². The Morgan fingerprint density at radius 3 is 2.74 bits per heavy atom. The summed E-state index contributed by atoms with van der Waals surface area (Å²) >= 11 is 0. The molecule has 0 radical (unpaired) electrons. The number of nitrogens with zero attached hydrogens (tertiary/aromatic N) is 3. The van der Waals surface area contributed by atoms with E-state index in [1.807, 2.05) is 38.1 Å². The van der Waals surface area contributed by atoms with Crippen LogP contribution in [-0.2, 0) is 10.2 Å². The maximum absolute atomic E-state index is 12.7. The summed E-state index contributed by atoms with van der Waals surface area (Å²) in [6, 6.07) is 7.64. The SMILES string of the molecule is CCN(CC)S(=O)(=O)N1CCCC(c2nc3ccccc3o2)C1. The first-order valence-electron chi connectivity index (χ1n) is 8.17. The molecule has 3 rings (SSSR count). The second-order valence-corrected chi connectivity index (χ2v) is 7.74. The third kappa shape index (κ3) is 3.13. The number of aromatic nitrogens is 1. The average molecular weight is 337 g/mol. The Hall–Kier alpha value is -1.44. The van der Waals surface area contributed by atoms with Crippen molar-refractivity contribution in [1.29, 1.82) is 0 Å². The summed E-state index contributed by atoms with van der Waals surface area (Å²) in [6.07, 6.45) is 1.72. The van der Waals surface area contributed by atoms with E-state index in [9.17, 15) is 8.42 Å². The van der Waals surface area contributed by atoms with Crippen LogP contribution in [0.5, 0.6) is 0 Å². The first-order chi connectivity index (χ1) is 11.1. The highest BCUT2D eigenvalue weighted by Crippen LogP contribution is 2.30. The Kier molecular flexibility index (Phi) is 4.70. The molecule has 2 aromatic rings. The van der Waals surface area contributed by atoms with Crippen molar-refractivity contribution in [1.82, 2.24) is 13.6 Å². The van der Waals surface area contributed by atoms with Crippen LogP contribution in [0.4, 0.5) is 0 Å². The molecule has 0 N–H and O–H groups in total. The fourth-order valence-electron chi connectivity index (χ4n) is 3.13. The molecule has 1 unspecified atom stereocenters. The zero-order valence-electron chi connectivity index (χ0n) is 13.6. The van der Waals surface area contributed by atoms with Crippen LogP contribution in [0.1, 0.15) is 38.5 Å². The zero-order chi connectivity index (χ0) is 16.4. The topological polar surface area (TPSA) is 66.7 Å². The molecule has 0 saturated carbocycles. The number of piperidine rings is 1. The summed E-state index contributed by atoms with van der Waals surface area (Å²) < 4.78 is 34.3. The van der Waals surface area contributed by atoms with Gasteiger partial charge in [-0.25, -0.2) is 4.98 Å². The Bertz CT molecular complexity index is 735. The van der Waals surface area contributed by atoms with Gasteiger partial charge >= 0.3 is 0 Å². The highest BCUT2D eigenvalue weighted by atomic mass is 32.2. The van der Waals surface area contributed by atoms with E-state index in [-0.39, 0.29) is 5.92 Å². The van der Waals surface area contributed by atoms with Crippen molar-refractivity contribution in [3.8, 4) is 0 Å². The van der Waals surface area contributed by atoms with Gasteiger partial charge in [0.2, 0.25) is 0 Å². The van der Waals surface area contributed by atoms with Crippen LogP contribution in [0, 0.1) is 0 Å². The minimum absolute atomic E-state index is 0.0153. The Morgan fingerprint density at radius 2 is 2.04 bits per heavy atom. The van der Waals surface area contributed by atoms with E-state index in [2.05, 4.69) is 4.98 Å². The molecule has 1 atom stereocenters. The van der Waals surface area contributed by atoms with Crippen molar-refractivity contribution in [2.24, 2.45) is 0 Å². The first kappa shape index (κ1) is 16.4. The predicted molar refractivity (Wildman–Crippen MR) is 89.4 cm³/mol. The van der Waals surface area contributed by atoms with Gasteiger partial charge in [-0.15, -0.1) is 0 Å². The van der Waals surface area contributed by atoms with Gasteiger partial charge in [0, 0.05) is 32.1 Å². The molecule has 1 saturated heterocycles. The van der Waals surface area contributed by atoms with Crippen LogP contribution in [0.2, 0.25) is 0 Å². The smallest absolute Gasteiger partial charge is 0.281 e. The molecular weight excluding hydrogens is 314 g/mol. The molecule has 0 spiro atoms. The third-order valence-electron chi connectivity index (χ3n) is 4.40. The molecular formula is C16H23N3O3S. The maximum atomic E-state index is 12.7. The highest BCUT2D eigenvalue weighted by Gasteiger charge is 2.34. The minimum Gasteiger partial charge on any atom is -0.440 e. The van der Waals surface area contributed by atoms with Crippen LogP contribution in [0.15, 0.2) is 28.7 Å². The van der Waals surface area contributed by atoms with E-state index < -0.39 is 10.2 Å². The third-order valence-corrected chi connectivity index (χ3v) is 6.55. The van der Waals surface area contributed by atoms with Crippen LogP contribution in [-0.4, -0.2) is 48.2 Å². The number of benzene rings is 1. The van der Waals surface area contributed by atoms with E-state index in [1.165, 1.54) is 4.31 Å². The second-order valence-electron chi connectivity index (χ2n) is 5.81. The fourth-order valence-corrected chi connectivity index (χ4v) is 4.84. The zero-order valence-corrected chi connectivity index (χ0v) is 14.4. The van der Waals surface area contributed by atoms with Gasteiger partial charge in [0.05, 0.1) is 0 Å². The van der Waals surface area contributed by atoms with Crippen LogP contribution < -0.4 is 0 Å². The van der Waals surface area contributed by atoms with Crippen LogP contribution in [0.3, 0.4) is 0 Å². The maximum Gasteiger partial charge on any atom is 0.281 e. The number of oxazole rings is 1. The van der Waals surface area contributed by atoms with Gasteiger partial charge in [-0.05, 0) is 25.0 Å². The monoisotopic (exact) mass is 337 g/mol. The lowest BCUT2D eigenvalue weighted by atomic mass is 10.00. The summed E-state index contributed by atoms with van der Waals surface area (Å²) in [5.74, 6) is 0.659. The van der Waals surface area contributed by atoms with Crippen LogP contribution in [0.25, 0.3) is 11.1 Å². The largest absolute Gasteiger partial charge is 0.440 e. The van der Waals surface area contributed by atoms with E-state index in [4.69, 9.17) is 4.42 Å². The molecule has 0 aliphatic carbocycles. The molecule has 1 aromatic carbocycles. The fraction of sp³-hybridized carbons (Fsp3) is 0.562. The van der Waals surface area contributed by atoms with Gasteiger partial charge in [0.1, 0.15) is 5.52 Å². The van der Waals surface area contributed by atoms with Gasteiger partial charge in [-0.1, -0.05) is 26.0 Å². The summed E-state index contributed by atoms with van der Waals surface area (Å²) in [5, 5.41) is 0. The number of para-hydroxylation sites is 2. The highest BCUT2D eigenvalue weighted by molar-refractivity contribution is 7.86. The van der Waals surface area contributed by atoms with Gasteiger partial charge in [-0.3, -0.25) is 0 Å². The van der Waals surface area contributed by atoms with Gasteiger partial charge < -0.3 is 4.42 Å². The van der Waals surface area contributed by atoms with E-state index in [0.717, 1.165) is 23.9 Å². The lowest BCUT2D eigenvalue weighted by Gasteiger charge is -2.33. The molecule has 0 amide bonds. The lowest BCUT2D eigenvalue weighted by molar-refractivity contribution is 0.268. The van der Waals surface area contributed by atoms with Crippen molar-refractivity contribution in [3.63, 3.8) is 0 Å². The van der Waals surface area contributed by atoms with Crippen molar-refractivity contribution in [3.05, 3.63) is 30.2 Å². The van der Waals surface area contributed by atoms with E-state index >= 15 is 0 Å². The summed E-state index contributed by atoms with van der Waals surface area (Å²) in [7, 11) is -3.40. The predicted octanol–water partition coefficient (Wildman–Crippen LogP) is 2.59. The molecule has 1 fully saturated rings. The summed E-state index contributed by atoms with van der Waals surface area (Å²) in [5.41, 5.74) is 1.58. The van der Waals surface area contributed by atoms with Gasteiger partial charge in [-0.2, -0.15) is 17.0 Å². The summed E-state index contributed by atoms with van der Waals surface area (Å²) in [4.78, 5) is 4.54. The van der Waals surface area contributed by atoms with Crippen molar-refractivity contribution < 1.29 is 12.8 Å². The molecule has 2 heterocycles. The number of hydrogen-bond donors (Lipinski definition) is 0. The van der Waals surface area contributed by atoms with Crippen molar-refractivity contribution in [2.45, 2.75) is 32.6 Å². The molecule has 7 heteroatoms. The quantitative estimate of drug-likeness (QED) is 0.841. The normalized spacial score (nSPS) is 20.4. The second kappa shape index (κ2) is 6.59. The average Bonchev–Trinajstić information content (AvgIpc) is 3.00. The van der Waals surface area contributed by atoms with Gasteiger partial charge in [0.25, 0.3) is 10.2 Å². The number of hydrogen-bond acceptors (Lipinski definition) is 4. The molecule has 23 heavy (non-hydrogen) atoms. The summed E-state index contributed by atoms with van der Waals surface area (Å²) in [6.45, 7) is 5.71. The molecule has 6 nitrogen and oxygen atoms in total. The minimum atomic E-state index is -3.40. The first-order valence-corrected chi connectivity index (χ1v) is 9.56. The van der Waals surface area contributed by atoms with Crippen molar-refractivity contribution in [2.75, 3.05) is 26.2 Å². The molecule has 0 bridgehead atoms. The van der Waals surface area contributed by atoms with Crippen molar-refractivity contribution >= 4 is 21.3 Å². The molecule has 1 aliphatic heterocycles. The standard InChI is InChI=1S/C16H23N3O3S/c1-3-18(4-2)23(20,21)19-11-7-8-13(12-19)16-17-14-9-5-6-10-15(14)22-16/h5-6,9-10,13H,3-4,7-8,11-12H2,1-2H3. The molecule has 126 valence electrons. The molecule has 1 aliphatic rings. The lowest BCUT2D eigenvalue weighted by Crippen LogP contribution is -2.47. The van der Waals surface area contributed by atoms with E-state index in [1.54, 1.807) is 4.31 Å². The Morgan fingerprint density at radius 1 is 1.30 bits per heavy atom. The van der Waals surface area contributed by atoms with E-state index in [0.29, 0.717) is 32.1 Å². The Balaban J connectivity index is 1.83. The Labute approximate surface area is 137 Å². The number of fused-ring (bicyclic) bond motifs is 1. The number of rotatable bonds is 5. The molecule has 1 aromatic heterocycles. The van der Waals surface area contributed by atoms with Crippen LogP contribution >= 0.6 is 0 Å².